The molecule has 2 rings (SSSR count). The number of carboxylic acids is 1. The fourth-order valence-corrected chi connectivity index (χ4v) is 1.63. The zero-order valence-electron chi connectivity index (χ0n) is 8.30. The van der Waals surface area contributed by atoms with Gasteiger partial charge in [-0.25, -0.2) is 9.78 Å². The number of halogens is 1. The molecule has 82 valence electrons. The van der Waals surface area contributed by atoms with Crippen LogP contribution in [0.4, 0.5) is 0 Å². The van der Waals surface area contributed by atoms with Crippen LogP contribution >= 0.6 is 11.6 Å². The van der Waals surface area contributed by atoms with Crippen LogP contribution in [-0.4, -0.2) is 20.6 Å². The van der Waals surface area contributed by atoms with Gasteiger partial charge >= 0.3 is 5.97 Å². The van der Waals surface area contributed by atoms with E-state index >= 15 is 0 Å². The minimum absolute atomic E-state index is 0.153. The molecule has 1 N–H and O–H groups in total. The number of hydrogen-bond donors (Lipinski definition) is 1. The van der Waals surface area contributed by atoms with Crippen molar-refractivity contribution in [3.8, 4) is 0 Å². The Morgan fingerprint density at radius 3 is 2.88 bits per heavy atom. The number of hydrogen-bond acceptors (Lipinski definition) is 2. The lowest BCUT2D eigenvalue weighted by atomic mass is 10.2. The van der Waals surface area contributed by atoms with E-state index in [0.29, 0.717) is 11.6 Å². The Morgan fingerprint density at radius 2 is 2.19 bits per heavy atom. The number of nitrogens with zero attached hydrogens (tertiary/aromatic N) is 2. The molecule has 1 heterocycles. The SMILES string of the molecule is O=C(O)c1cncn1Cc1ccccc1Cl. The van der Waals surface area contributed by atoms with Gasteiger partial charge in [0, 0.05) is 5.02 Å². The molecule has 1 aromatic carbocycles. The van der Waals surface area contributed by atoms with Crippen LogP contribution in [-0.2, 0) is 6.54 Å². The van der Waals surface area contributed by atoms with Crippen molar-refractivity contribution >= 4 is 17.6 Å². The predicted molar refractivity (Wildman–Crippen MR) is 59.7 cm³/mol. The van der Waals surface area contributed by atoms with Crippen molar-refractivity contribution in [1.29, 1.82) is 0 Å². The van der Waals surface area contributed by atoms with E-state index in [1.165, 1.54) is 12.5 Å². The van der Waals surface area contributed by atoms with E-state index in [0.717, 1.165) is 5.56 Å². The standard InChI is InChI=1S/C11H9ClN2O2/c12-9-4-2-1-3-8(9)6-14-7-13-5-10(14)11(15)16/h1-5,7H,6H2,(H,15,16). The average Bonchev–Trinajstić information content (AvgIpc) is 2.69. The molecule has 0 spiro atoms. The maximum atomic E-state index is 10.9. The number of benzene rings is 1. The lowest BCUT2D eigenvalue weighted by Gasteiger charge is -2.06. The Labute approximate surface area is 97.1 Å². The highest BCUT2D eigenvalue weighted by molar-refractivity contribution is 6.31. The molecular formula is C11H9ClN2O2. The Hall–Kier alpha value is -1.81. The Bertz CT molecular complexity index is 522. The number of carboxylic acid groups (broad SMARTS) is 1. The predicted octanol–water partition coefficient (Wildman–Crippen LogP) is 2.28. The van der Waals surface area contributed by atoms with Crippen LogP contribution in [0.25, 0.3) is 0 Å². The van der Waals surface area contributed by atoms with Crippen molar-refractivity contribution in [2.24, 2.45) is 0 Å². The number of rotatable bonds is 3. The van der Waals surface area contributed by atoms with E-state index in [9.17, 15) is 4.79 Å². The Kier molecular flexibility index (Phi) is 2.92. The van der Waals surface area contributed by atoms with Crippen LogP contribution < -0.4 is 0 Å². The summed E-state index contributed by atoms with van der Waals surface area (Å²) >= 11 is 5.99. The van der Waals surface area contributed by atoms with Crippen molar-refractivity contribution in [3.63, 3.8) is 0 Å². The maximum absolute atomic E-state index is 10.9. The lowest BCUT2D eigenvalue weighted by Crippen LogP contribution is -2.08. The molecule has 0 amide bonds. The Balaban J connectivity index is 2.31. The second-order valence-corrected chi connectivity index (χ2v) is 3.71. The first-order chi connectivity index (χ1) is 7.68. The highest BCUT2D eigenvalue weighted by atomic mass is 35.5. The van der Waals surface area contributed by atoms with E-state index in [4.69, 9.17) is 16.7 Å². The molecule has 0 aliphatic rings. The normalized spacial score (nSPS) is 10.3. The highest BCUT2D eigenvalue weighted by Gasteiger charge is 2.10. The van der Waals surface area contributed by atoms with Gasteiger partial charge in [0.1, 0.15) is 5.69 Å². The Morgan fingerprint density at radius 1 is 1.44 bits per heavy atom. The van der Waals surface area contributed by atoms with Crippen LogP contribution in [0.3, 0.4) is 0 Å². The first-order valence-corrected chi connectivity index (χ1v) is 5.03. The third-order valence-electron chi connectivity index (χ3n) is 2.23. The molecule has 16 heavy (non-hydrogen) atoms. The zero-order valence-corrected chi connectivity index (χ0v) is 9.05. The second-order valence-electron chi connectivity index (χ2n) is 3.30. The van der Waals surface area contributed by atoms with Gasteiger partial charge in [-0.3, -0.25) is 0 Å². The summed E-state index contributed by atoms with van der Waals surface area (Å²) in [6.45, 7) is 0.404. The van der Waals surface area contributed by atoms with Gasteiger partial charge in [-0.05, 0) is 11.6 Å². The summed E-state index contributed by atoms with van der Waals surface area (Å²) in [5.41, 5.74) is 1.02. The van der Waals surface area contributed by atoms with Crippen molar-refractivity contribution < 1.29 is 9.90 Å². The summed E-state index contributed by atoms with van der Waals surface area (Å²) in [5, 5.41) is 9.53. The van der Waals surface area contributed by atoms with E-state index in [2.05, 4.69) is 4.98 Å². The number of carbonyl (C=O) groups is 1. The molecule has 0 bridgehead atoms. The minimum atomic E-state index is -0.996. The highest BCUT2D eigenvalue weighted by Crippen LogP contribution is 2.16. The number of aromatic nitrogens is 2. The first kappa shape index (κ1) is 10.7. The van der Waals surface area contributed by atoms with E-state index in [1.54, 1.807) is 10.6 Å². The molecule has 0 aliphatic carbocycles. The molecule has 4 nitrogen and oxygen atoms in total. The summed E-state index contributed by atoms with van der Waals surface area (Å²) in [5.74, 6) is -0.996. The summed E-state index contributed by atoms with van der Waals surface area (Å²) in [7, 11) is 0. The van der Waals surface area contributed by atoms with Gasteiger partial charge in [0.05, 0.1) is 19.1 Å². The van der Waals surface area contributed by atoms with Crippen LogP contribution in [0.1, 0.15) is 16.1 Å². The molecule has 0 atom stereocenters. The molecule has 0 radical (unpaired) electrons. The summed E-state index contributed by atoms with van der Waals surface area (Å²) < 4.78 is 1.55. The zero-order chi connectivity index (χ0) is 11.5. The summed E-state index contributed by atoms with van der Waals surface area (Å²) in [4.78, 5) is 14.7. The maximum Gasteiger partial charge on any atom is 0.354 e. The lowest BCUT2D eigenvalue weighted by molar-refractivity contribution is 0.0685. The third-order valence-corrected chi connectivity index (χ3v) is 2.60. The molecule has 0 unspecified atom stereocenters. The van der Waals surface area contributed by atoms with Crippen LogP contribution in [0.15, 0.2) is 36.8 Å². The first-order valence-electron chi connectivity index (χ1n) is 4.65. The van der Waals surface area contributed by atoms with Crippen LogP contribution in [0.2, 0.25) is 5.02 Å². The monoisotopic (exact) mass is 236 g/mol. The van der Waals surface area contributed by atoms with Gasteiger partial charge in [-0.2, -0.15) is 0 Å². The molecule has 0 saturated heterocycles. The van der Waals surface area contributed by atoms with Crippen molar-refractivity contribution in [2.45, 2.75) is 6.54 Å². The van der Waals surface area contributed by atoms with Gasteiger partial charge in [0.2, 0.25) is 0 Å². The second kappa shape index (κ2) is 4.37. The largest absolute Gasteiger partial charge is 0.477 e. The minimum Gasteiger partial charge on any atom is -0.477 e. The molecule has 1 aromatic heterocycles. The molecule has 0 aliphatic heterocycles. The van der Waals surface area contributed by atoms with Gasteiger partial charge in [0.25, 0.3) is 0 Å². The van der Waals surface area contributed by atoms with Gasteiger partial charge < -0.3 is 9.67 Å². The average molecular weight is 237 g/mol. The van der Waals surface area contributed by atoms with Gasteiger partial charge in [-0.1, -0.05) is 29.8 Å². The van der Waals surface area contributed by atoms with Crippen molar-refractivity contribution in [1.82, 2.24) is 9.55 Å². The van der Waals surface area contributed by atoms with Crippen molar-refractivity contribution in [2.75, 3.05) is 0 Å². The quantitative estimate of drug-likeness (QED) is 0.890. The summed E-state index contributed by atoms with van der Waals surface area (Å²) in [6.07, 6.45) is 2.80. The molecule has 0 fully saturated rings. The van der Waals surface area contributed by atoms with Gasteiger partial charge in [0.15, 0.2) is 0 Å². The molecule has 5 heteroatoms. The fraction of sp³-hybridized carbons (Fsp3) is 0.0909. The number of aromatic carboxylic acids is 1. The molecule has 0 saturated carbocycles. The topological polar surface area (TPSA) is 55.1 Å². The summed E-state index contributed by atoms with van der Waals surface area (Å²) in [6, 6.07) is 7.32. The van der Waals surface area contributed by atoms with Crippen LogP contribution in [0.5, 0.6) is 0 Å². The molecule has 2 aromatic rings. The van der Waals surface area contributed by atoms with Gasteiger partial charge in [-0.15, -0.1) is 0 Å². The fourth-order valence-electron chi connectivity index (χ4n) is 1.43. The van der Waals surface area contributed by atoms with E-state index in [-0.39, 0.29) is 5.69 Å². The van der Waals surface area contributed by atoms with E-state index < -0.39 is 5.97 Å². The number of imidazole rings is 1. The van der Waals surface area contributed by atoms with E-state index in [1.807, 2.05) is 18.2 Å². The van der Waals surface area contributed by atoms with Crippen LogP contribution in [0, 0.1) is 0 Å². The third kappa shape index (κ3) is 2.06. The smallest absolute Gasteiger partial charge is 0.354 e. The van der Waals surface area contributed by atoms with Crippen molar-refractivity contribution in [3.05, 3.63) is 53.1 Å². The molecular weight excluding hydrogens is 228 g/mol.